The number of rotatable bonds is 2. The van der Waals surface area contributed by atoms with Gasteiger partial charge in [-0.3, -0.25) is 0 Å². The van der Waals surface area contributed by atoms with E-state index in [9.17, 15) is 0 Å². The third-order valence-corrected chi connectivity index (χ3v) is 3.38. The van der Waals surface area contributed by atoms with Crippen molar-refractivity contribution in [2.75, 3.05) is 0 Å². The first-order valence-electron chi connectivity index (χ1n) is 4.12. The van der Waals surface area contributed by atoms with Gasteiger partial charge in [0.05, 0.1) is 0 Å². The molecule has 2 heterocycles. The highest BCUT2D eigenvalue weighted by molar-refractivity contribution is 8.01. The van der Waals surface area contributed by atoms with Crippen LogP contribution in [0.5, 0.6) is 0 Å². The lowest BCUT2D eigenvalue weighted by atomic mass is 10.4. The van der Waals surface area contributed by atoms with E-state index in [4.69, 9.17) is 5.26 Å². The molecule has 2 aromatic heterocycles. The lowest BCUT2D eigenvalue weighted by Crippen LogP contribution is -1.81. The Hall–Kier alpha value is -1.45. The van der Waals surface area contributed by atoms with E-state index < -0.39 is 0 Å². The summed E-state index contributed by atoms with van der Waals surface area (Å²) in [6, 6.07) is 5.52. The van der Waals surface area contributed by atoms with Crippen LogP contribution in [-0.2, 0) is 0 Å². The topological polar surface area (TPSA) is 62.5 Å². The fourth-order valence-corrected chi connectivity index (χ4v) is 2.52. The van der Waals surface area contributed by atoms with E-state index >= 15 is 0 Å². The van der Waals surface area contributed by atoms with Gasteiger partial charge in [-0.25, -0.2) is 9.97 Å². The van der Waals surface area contributed by atoms with E-state index in [-0.39, 0.29) is 0 Å². The van der Waals surface area contributed by atoms with Crippen LogP contribution in [0.4, 0.5) is 0 Å². The Morgan fingerprint density at radius 2 is 2.33 bits per heavy atom. The molecule has 0 saturated heterocycles. The number of pyridine rings is 1. The fourth-order valence-electron chi connectivity index (χ4n) is 0.927. The molecular formula is C9H6N4S2. The van der Waals surface area contributed by atoms with Crippen LogP contribution in [0.15, 0.2) is 27.6 Å². The van der Waals surface area contributed by atoms with Gasteiger partial charge in [0.15, 0.2) is 4.34 Å². The van der Waals surface area contributed by atoms with Crippen molar-refractivity contribution in [1.82, 2.24) is 14.3 Å². The summed E-state index contributed by atoms with van der Waals surface area (Å²) in [7, 11) is 0. The lowest BCUT2D eigenvalue weighted by Gasteiger charge is -1.95. The van der Waals surface area contributed by atoms with Gasteiger partial charge in [-0.2, -0.15) is 9.64 Å². The summed E-state index contributed by atoms with van der Waals surface area (Å²) in [6.07, 6.45) is 1.67. The Bertz CT molecular complexity index is 498. The SMILES string of the molecule is Cc1nsc(Sc2ccc(C#N)nc2)n1. The van der Waals surface area contributed by atoms with Crippen LogP contribution < -0.4 is 0 Å². The van der Waals surface area contributed by atoms with Crippen molar-refractivity contribution >= 4 is 23.3 Å². The Kier molecular flexibility index (Phi) is 2.94. The van der Waals surface area contributed by atoms with E-state index in [1.165, 1.54) is 23.3 Å². The van der Waals surface area contributed by atoms with Gasteiger partial charge in [-0.05, 0) is 30.6 Å². The smallest absolute Gasteiger partial charge is 0.174 e. The zero-order valence-electron chi connectivity index (χ0n) is 7.84. The maximum atomic E-state index is 8.58. The van der Waals surface area contributed by atoms with Gasteiger partial charge in [0, 0.05) is 11.1 Å². The second kappa shape index (κ2) is 4.38. The van der Waals surface area contributed by atoms with Crippen LogP contribution >= 0.6 is 23.3 Å². The van der Waals surface area contributed by atoms with E-state index in [0.29, 0.717) is 5.69 Å². The van der Waals surface area contributed by atoms with E-state index in [0.717, 1.165) is 15.1 Å². The standard InChI is InChI=1S/C9H6N4S2/c1-6-12-9(15-13-6)14-8-3-2-7(4-10)11-5-8/h2-3,5H,1H3. The van der Waals surface area contributed by atoms with Crippen molar-refractivity contribution in [2.24, 2.45) is 0 Å². The van der Waals surface area contributed by atoms with Crippen molar-refractivity contribution in [3.63, 3.8) is 0 Å². The molecule has 0 atom stereocenters. The molecule has 74 valence electrons. The van der Waals surface area contributed by atoms with Gasteiger partial charge >= 0.3 is 0 Å². The van der Waals surface area contributed by atoms with Gasteiger partial charge in [-0.15, -0.1) is 0 Å². The predicted octanol–water partition coefficient (Wildman–Crippen LogP) is 2.26. The first-order chi connectivity index (χ1) is 7.28. The lowest BCUT2D eigenvalue weighted by molar-refractivity contribution is 1.10. The van der Waals surface area contributed by atoms with Gasteiger partial charge in [0.2, 0.25) is 0 Å². The third kappa shape index (κ3) is 2.52. The summed E-state index contributed by atoms with van der Waals surface area (Å²) < 4.78 is 4.97. The molecule has 4 nitrogen and oxygen atoms in total. The summed E-state index contributed by atoms with van der Waals surface area (Å²) in [4.78, 5) is 9.16. The molecule has 0 aliphatic heterocycles. The maximum Gasteiger partial charge on any atom is 0.174 e. The minimum atomic E-state index is 0.424. The third-order valence-electron chi connectivity index (χ3n) is 1.56. The quantitative estimate of drug-likeness (QED) is 0.797. The second-order valence-corrected chi connectivity index (χ2v) is 4.77. The second-order valence-electron chi connectivity index (χ2n) is 2.70. The molecule has 0 saturated carbocycles. The summed E-state index contributed by atoms with van der Waals surface area (Å²) in [5.41, 5.74) is 0.424. The largest absolute Gasteiger partial charge is 0.244 e. The van der Waals surface area contributed by atoms with Gasteiger partial charge in [-0.1, -0.05) is 11.8 Å². The van der Waals surface area contributed by atoms with Crippen LogP contribution in [0, 0.1) is 18.3 Å². The van der Waals surface area contributed by atoms with Gasteiger partial charge in [0.25, 0.3) is 0 Å². The summed E-state index contributed by atoms with van der Waals surface area (Å²) in [6.45, 7) is 1.86. The van der Waals surface area contributed by atoms with Gasteiger partial charge in [0.1, 0.15) is 17.6 Å². The molecule has 0 unspecified atom stereocenters. The molecule has 2 rings (SSSR count). The molecule has 15 heavy (non-hydrogen) atoms. The van der Waals surface area contributed by atoms with Crippen LogP contribution in [0.1, 0.15) is 11.5 Å². The molecule has 6 heteroatoms. The molecule has 0 fully saturated rings. The first kappa shape index (κ1) is 10.1. The Morgan fingerprint density at radius 3 is 2.87 bits per heavy atom. The summed E-state index contributed by atoms with van der Waals surface area (Å²) in [5, 5.41) is 8.58. The number of nitriles is 1. The normalized spacial score (nSPS) is 9.87. The summed E-state index contributed by atoms with van der Waals surface area (Å²) >= 11 is 2.86. The molecule has 0 aliphatic rings. The number of aryl methyl sites for hydroxylation is 1. The number of hydrogen-bond acceptors (Lipinski definition) is 6. The van der Waals surface area contributed by atoms with Crippen LogP contribution in [0.3, 0.4) is 0 Å². The zero-order valence-corrected chi connectivity index (χ0v) is 9.47. The van der Waals surface area contributed by atoms with Crippen molar-refractivity contribution in [1.29, 1.82) is 5.26 Å². The van der Waals surface area contributed by atoms with Crippen molar-refractivity contribution in [2.45, 2.75) is 16.2 Å². The molecule has 0 bridgehead atoms. The molecule has 0 radical (unpaired) electrons. The average Bonchev–Trinajstić information content (AvgIpc) is 2.65. The van der Waals surface area contributed by atoms with Crippen LogP contribution in [0.2, 0.25) is 0 Å². The zero-order chi connectivity index (χ0) is 10.7. The molecular weight excluding hydrogens is 228 g/mol. The Morgan fingerprint density at radius 1 is 1.47 bits per heavy atom. The van der Waals surface area contributed by atoms with Crippen LogP contribution in [-0.4, -0.2) is 14.3 Å². The average molecular weight is 234 g/mol. The number of nitrogens with zero attached hydrogens (tertiary/aromatic N) is 4. The minimum Gasteiger partial charge on any atom is -0.244 e. The first-order valence-corrected chi connectivity index (χ1v) is 5.71. The molecule has 2 aromatic rings. The molecule has 0 amide bonds. The molecule has 0 aromatic carbocycles. The summed E-state index contributed by atoms with van der Waals surface area (Å²) in [5.74, 6) is 0.782. The maximum absolute atomic E-state index is 8.58. The van der Waals surface area contributed by atoms with Crippen molar-refractivity contribution in [3.05, 3.63) is 29.8 Å². The Labute approximate surface area is 95.2 Å². The van der Waals surface area contributed by atoms with Gasteiger partial charge < -0.3 is 0 Å². The monoisotopic (exact) mass is 234 g/mol. The molecule has 0 aliphatic carbocycles. The van der Waals surface area contributed by atoms with Crippen molar-refractivity contribution < 1.29 is 0 Å². The highest BCUT2D eigenvalue weighted by Gasteiger charge is 2.03. The highest BCUT2D eigenvalue weighted by Crippen LogP contribution is 2.27. The van der Waals surface area contributed by atoms with E-state index in [2.05, 4.69) is 14.3 Å². The minimum absolute atomic E-state index is 0.424. The van der Waals surface area contributed by atoms with E-state index in [1.807, 2.05) is 19.1 Å². The van der Waals surface area contributed by atoms with Crippen LogP contribution in [0.25, 0.3) is 0 Å². The van der Waals surface area contributed by atoms with E-state index in [1.54, 1.807) is 12.3 Å². The number of hydrogen-bond donors (Lipinski definition) is 0. The Balaban J connectivity index is 2.15. The highest BCUT2D eigenvalue weighted by atomic mass is 32.2. The van der Waals surface area contributed by atoms with Crippen molar-refractivity contribution in [3.8, 4) is 6.07 Å². The predicted molar refractivity (Wildman–Crippen MR) is 57.7 cm³/mol. The molecule has 0 N–H and O–H groups in total. The fraction of sp³-hybridized carbons (Fsp3) is 0.111. The molecule has 0 spiro atoms. The number of aromatic nitrogens is 3.